The third-order valence-corrected chi connectivity index (χ3v) is 2.21. The highest BCUT2D eigenvalue weighted by atomic mass is 16.1. The molecule has 0 aliphatic carbocycles. The summed E-state index contributed by atoms with van der Waals surface area (Å²) in [4.78, 5) is 11.2. The Labute approximate surface area is 84.3 Å². The van der Waals surface area contributed by atoms with E-state index >= 15 is 0 Å². The van der Waals surface area contributed by atoms with Crippen molar-refractivity contribution in [3.8, 4) is 0 Å². The molecule has 1 rings (SSSR count). The van der Waals surface area contributed by atoms with Crippen LogP contribution in [0.4, 0.5) is 5.69 Å². The summed E-state index contributed by atoms with van der Waals surface area (Å²) in [6.07, 6.45) is 1.87. The minimum atomic E-state index is -0.356. The second kappa shape index (κ2) is 4.65. The molecule has 0 heterocycles. The number of benzene rings is 1. The van der Waals surface area contributed by atoms with Crippen molar-refractivity contribution < 1.29 is 4.79 Å². The van der Waals surface area contributed by atoms with E-state index in [1.54, 1.807) is 6.07 Å². The number of anilines is 1. The number of rotatable bonds is 4. The van der Waals surface area contributed by atoms with Gasteiger partial charge in [-0.2, -0.15) is 0 Å². The summed E-state index contributed by atoms with van der Waals surface area (Å²) < 4.78 is 0. The smallest absolute Gasteiger partial charge is 0.249 e. The zero-order valence-electron chi connectivity index (χ0n) is 8.63. The maximum absolute atomic E-state index is 11.2. The van der Waals surface area contributed by atoms with Crippen molar-refractivity contribution in [3.63, 3.8) is 0 Å². The van der Waals surface area contributed by atoms with Gasteiger partial charge in [-0.1, -0.05) is 19.4 Å². The maximum atomic E-state index is 11.2. The van der Waals surface area contributed by atoms with Gasteiger partial charge in [-0.25, -0.2) is 0 Å². The Bertz CT molecular complexity index is 334. The van der Waals surface area contributed by atoms with Gasteiger partial charge >= 0.3 is 0 Å². The van der Waals surface area contributed by atoms with Gasteiger partial charge in [-0.05, 0) is 24.1 Å². The van der Waals surface area contributed by atoms with Crippen LogP contribution in [-0.2, 0) is 6.42 Å². The highest BCUT2D eigenvalue weighted by molar-refractivity contribution is 5.95. The number of nitrogens with one attached hydrogen (secondary N) is 1. The number of carbonyl (C=O) groups excluding carboxylic acids is 1. The Kier molecular flexibility index (Phi) is 3.51. The Morgan fingerprint density at radius 3 is 2.71 bits per heavy atom. The molecule has 3 nitrogen and oxygen atoms in total. The average Bonchev–Trinajstić information content (AvgIpc) is 2.18. The molecule has 3 N–H and O–H groups in total. The van der Waals surface area contributed by atoms with Crippen molar-refractivity contribution in [2.75, 3.05) is 12.4 Å². The van der Waals surface area contributed by atoms with Crippen molar-refractivity contribution in [1.29, 1.82) is 0 Å². The van der Waals surface area contributed by atoms with E-state index < -0.39 is 0 Å². The molecule has 0 bridgehead atoms. The molecule has 0 atom stereocenters. The first-order valence-electron chi connectivity index (χ1n) is 4.80. The van der Waals surface area contributed by atoms with Crippen molar-refractivity contribution in [3.05, 3.63) is 29.3 Å². The van der Waals surface area contributed by atoms with Gasteiger partial charge in [0.2, 0.25) is 5.91 Å². The number of amides is 1. The largest absolute Gasteiger partial charge is 0.388 e. The van der Waals surface area contributed by atoms with Gasteiger partial charge in [0.25, 0.3) is 0 Å². The van der Waals surface area contributed by atoms with Crippen molar-refractivity contribution in [2.45, 2.75) is 19.8 Å². The number of primary amides is 1. The molecule has 0 aliphatic rings. The van der Waals surface area contributed by atoms with Gasteiger partial charge in [0.15, 0.2) is 0 Å². The molecular formula is C11H16N2O. The topological polar surface area (TPSA) is 55.1 Å². The Balaban J connectivity index is 3.20. The molecule has 1 aromatic rings. The van der Waals surface area contributed by atoms with Gasteiger partial charge in [0.05, 0.1) is 0 Å². The van der Waals surface area contributed by atoms with Crippen LogP contribution < -0.4 is 11.1 Å². The quantitative estimate of drug-likeness (QED) is 0.764. The van der Waals surface area contributed by atoms with Crippen LogP contribution in [0.5, 0.6) is 0 Å². The van der Waals surface area contributed by atoms with Gasteiger partial charge < -0.3 is 11.1 Å². The molecule has 14 heavy (non-hydrogen) atoms. The molecule has 1 amide bonds. The van der Waals surface area contributed by atoms with E-state index in [-0.39, 0.29) is 5.91 Å². The average molecular weight is 192 g/mol. The first-order valence-corrected chi connectivity index (χ1v) is 4.80. The molecule has 0 aliphatic heterocycles. The van der Waals surface area contributed by atoms with E-state index in [4.69, 9.17) is 5.73 Å². The number of carbonyl (C=O) groups is 1. The fourth-order valence-electron chi connectivity index (χ4n) is 1.57. The molecule has 0 spiro atoms. The molecule has 0 unspecified atom stereocenters. The minimum Gasteiger partial charge on any atom is -0.388 e. The SMILES string of the molecule is CCCc1c(NC)cccc1C(N)=O. The highest BCUT2D eigenvalue weighted by Crippen LogP contribution is 2.20. The van der Waals surface area contributed by atoms with E-state index in [0.29, 0.717) is 5.56 Å². The highest BCUT2D eigenvalue weighted by Gasteiger charge is 2.10. The number of nitrogens with two attached hydrogens (primary N) is 1. The number of hydrogen-bond donors (Lipinski definition) is 2. The summed E-state index contributed by atoms with van der Waals surface area (Å²) in [6.45, 7) is 2.08. The standard InChI is InChI=1S/C11H16N2O/c1-3-5-8-9(11(12)14)6-4-7-10(8)13-2/h4,6-7,13H,3,5H2,1-2H3,(H2,12,14). The summed E-state index contributed by atoms with van der Waals surface area (Å²) in [6, 6.07) is 5.57. The Morgan fingerprint density at radius 1 is 1.50 bits per heavy atom. The van der Waals surface area contributed by atoms with E-state index in [1.807, 2.05) is 19.2 Å². The summed E-state index contributed by atoms with van der Waals surface area (Å²) in [5.41, 5.74) is 7.93. The third-order valence-electron chi connectivity index (χ3n) is 2.21. The first-order chi connectivity index (χ1) is 6.70. The molecule has 0 aromatic heterocycles. The predicted octanol–water partition coefficient (Wildman–Crippen LogP) is 1.78. The first kappa shape index (κ1) is 10.6. The molecule has 0 radical (unpaired) electrons. The van der Waals surface area contributed by atoms with Gasteiger partial charge in [0, 0.05) is 18.3 Å². The van der Waals surface area contributed by atoms with Gasteiger partial charge in [0.1, 0.15) is 0 Å². The third kappa shape index (κ3) is 2.05. The second-order valence-corrected chi connectivity index (χ2v) is 3.20. The van der Waals surface area contributed by atoms with Crippen LogP contribution in [0.1, 0.15) is 29.3 Å². The van der Waals surface area contributed by atoms with Gasteiger partial charge in [-0.3, -0.25) is 4.79 Å². The number of hydrogen-bond acceptors (Lipinski definition) is 2. The van der Waals surface area contributed by atoms with Crippen molar-refractivity contribution >= 4 is 11.6 Å². The van der Waals surface area contributed by atoms with Crippen molar-refractivity contribution in [2.24, 2.45) is 5.73 Å². The molecule has 1 aromatic carbocycles. The molecule has 0 saturated carbocycles. The molecule has 0 saturated heterocycles. The lowest BCUT2D eigenvalue weighted by atomic mass is 10.0. The van der Waals surface area contributed by atoms with E-state index in [9.17, 15) is 4.79 Å². The van der Waals surface area contributed by atoms with Crippen LogP contribution >= 0.6 is 0 Å². The lowest BCUT2D eigenvalue weighted by Gasteiger charge is -2.11. The van der Waals surface area contributed by atoms with Crippen molar-refractivity contribution in [1.82, 2.24) is 0 Å². The Hall–Kier alpha value is -1.51. The maximum Gasteiger partial charge on any atom is 0.249 e. The lowest BCUT2D eigenvalue weighted by molar-refractivity contribution is 0.0999. The summed E-state index contributed by atoms with van der Waals surface area (Å²) in [5.74, 6) is -0.356. The molecule has 3 heteroatoms. The lowest BCUT2D eigenvalue weighted by Crippen LogP contribution is -2.14. The van der Waals surface area contributed by atoms with Crippen LogP contribution in [0.15, 0.2) is 18.2 Å². The van der Waals surface area contributed by atoms with E-state index in [2.05, 4.69) is 12.2 Å². The van der Waals surface area contributed by atoms with E-state index in [1.165, 1.54) is 0 Å². The Morgan fingerprint density at radius 2 is 2.21 bits per heavy atom. The predicted molar refractivity (Wildman–Crippen MR) is 58.5 cm³/mol. The van der Waals surface area contributed by atoms with Gasteiger partial charge in [-0.15, -0.1) is 0 Å². The fraction of sp³-hybridized carbons (Fsp3) is 0.364. The van der Waals surface area contributed by atoms with Crippen LogP contribution in [0.3, 0.4) is 0 Å². The normalized spacial score (nSPS) is 9.86. The zero-order valence-corrected chi connectivity index (χ0v) is 8.63. The van der Waals surface area contributed by atoms with Crippen LogP contribution in [0.25, 0.3) is 0 Å². The summed E-state index contributed by atoms with van der Waals surface area (Å²) >= 11 is 0. The van der Waals surface area contributed by atoms with Crippen LogP contribution in [0.2, 0.25) is 0 Å². The minimum absolute atomic E-state index is 0.356. The summed E-state index contributed by atoms with van der Waals surface area (Å²) in [7, 11) is 1.85. The molecule has 76 valence electrons. The van der Waals surface area contributed by atoms with E-state index in [0.717, 1.165) is 24.1 Å². The molecular weight excluding hydrogens is 176 g/mol. The second-order valence-electron chi connectivity index (χ2n) is 3.20. The zero-order chi connectivity index (χ0) is 10.6. The van der Waals surface area contributed by atoms with Crippen LogP contribution in [0, 0.1) is 0 Å². The monoisotopic (exact) mass is 192 g/mol. The fourth-order valence-corrected chi connectivity index (χ4v) is 1.57. The summed E-state index contributed by atoms with van der Waals surface area (Å²) in [5, 5.41) is 3.07. The van der Waals surface area contributed by atoms with Crippen LogP contribution in [-0.4, -0.2) is 13.0 Å². The molecule has 0 fully saturated rings.